The standard InChI is InChI=1S/C14H25N/c1-10-2-6-13(7-3-10)15-14-9-11-4-5-12(14)8-11/h10-15H,2-9H2,1H3. The summed E-state index contributed by atoms with van der Waals surface area (Å²) in [6.45, 7) is 2.41. The SMILES string of the molecule is CC1CCC(NC2CC3CCC2C3)CC1. The molecule has 0 aromatic rings. The molecule has 3 rings (SSSR count). The van der Waals surface area contributed by atoms with Crippen LogP contribution < -0.4 is 5.32 Å². The minimum absolute atomic E-state index is 0.866. The minimum Gasteiger partial charge on any atom is -0.311 e. The quantitative estimate of drug-likeness (QED) is 0.732. The Morgan fingerprint density at radius 3 is 2.27 bits per heavy atom. The fourth-order valence-electron chi connectivity index (χ4n) is 4.18. The topological polar surface area (TPSA) is 12.0 Å². The minimum atomic E-state index is 0.866. The second kappa shape index (κ2) is 4.08. The van der Waals surface area contributed by atoms with E-state index in [1.807, 2.05) is 0 Å². The Morgan fingerprint density at radius 1 is 0.867 bits per heavy atom. The molecule has 2 bridgehead atoms. The van der Waals surface area contributed by atoms with Gasteiger partial charge in [0, 0.05) is 12.1 Å². The van der Waals surface area contributed by atoms with Crippen LogP contribution in [0.25, 0.3) is 0 Å². The van der Waals surface area contributed by atoms with E-state index in [0.717, 1.165) is 29.8 Å². The molecule has 0 radical (unpaired) electrons. The van der Waals surface area contributed by atoms with Gasteiger partial charge in [-0.2, -0.15) is 0 Å². The zero-order chi connectivity index (χ0) is 10.3. The molecule has 0 spiro atoms. The summed E-state index contributed by atoms with van der Waals surface area (Å²) in [6.07, 6.45) is 11.9. The first-order chi connectivity index (χ1) is 7.31. The molecule has 3 unspecified atom stereocenters. The molecule has 3 aliphatic carbocycles. The van der Waals surface area contributed by atoms with Gasteiger partial charge in [0.15, 0.2) is 0 Å². The van der Waals surface area contributed by atoms with Crippen molar-refractivity contribution in [1.29, 1.82) is 0 Å². The first kappa shape index (κ1) is 10.1. The number of fused-ring (bicyclic) bond motifs is 2. The van der Waals surface area contributed by atoms with E-state index in [2.05, 4.69) is 12.2 Å². The summed E-state index contributed by atoms with van der Waals surface area (Å²) in [4.78, 5) is 0. The van der Waals surface area contributed by atoms with Crippen LogP contribution in [0.4, 0.5) is 0 Å². The van der Waals surface area contributed by atoms with Crippen LogP contribution in [0.1, 0.15) is 58.3 Å². The summed E-state index contributed by atoms with van der Waals surface area (Å²) in [5, 5.41) is 3.97. The van der Waals surface area contributed by atoms with E-state index in [1.54, 1.807) is 6.42 Å². The van der Waals surface area contributed by atoms with Crippen molar-refractivity contribution >= 4 is 0 Å². The van der Waals surface area contributed by atoms with Gasteiger partial charge < -0.3 is 5.32 Å². The molecular weight excluding hydrogens is 182 g/mol. The number of hydrogen-bond acceptors (Lipinski definition) is 1. The lowest BCUT2D eigenvalue weighted by atomic mass is 9.86. The van der Waals surface area contributed by atoms with Crippen molar-refractivity contribution in [3.05, 3.63) is 0 Å². The Bertz CT molecular complexity index is 217. The molecule has 0 aliphatic heterocycles. The third-order valence-corrected chi connectivity index (χ3v) is 5.20. The third-order valence-electron chi connectivity index (χ3n) is 5.20. The molecule has 3 aliphatic rings. The molecule has 0 heterocycles. The van der Waals surface area contributed by atoms with Gasteiger partial charge in [-0.3, -0.25) is 0 Å². The van der Waals surface area contributed by atoms with Gasteiger partial charge in [-0.25, -0.2) is 0 Å². The van der Waals surface area contributed by atoms with E-state index in [0.29, 0.717) is 0 Å². The van der Waals surface area contributed by atoms with Crippen molar-refractivity contribution in [1.82, 2.24) is 5.32 Å². The molecule has 3 atom stereocenters. The highest BCUT2D eigenvalue weighted by Crippen LogP contribution is 2.44. The van der Waals surface area contributed by atoms with Gasteiger partial charge in [-0.05, 0) is 62.7 Å². The van der Waals surface area contributed by atoms with Crippen molar-refractivity contribution in [2.75, 3.05) is 0 Å². The fraction of sp³-hybridized carbons (Fsp3) is 1.00. The highest BCUT2D eigenvalue weighted by Gasteiger charge is 2.40. The molecule has 1 nitrogen and oxygen atoms in total. The largest absolute Gasteiger partial charge is 0.311 e. The molecule has 0 amide bonds. The number of nitrogens with one attached hydrogen (secondary N) is 1. The van der Waals surface area contributed by atoms with Crippen molar-refractivity contribution in [3.8, 4) is 0 Å². The number of rotatable bonds is 2. The van der Waals surface area contributed by atoms with E-state index in [4.69, 9.17) is 0 Å². The Morgan fingerprint density at radius 2 is 1.67 bits per heavy atom. The zero-order valence-corrected chi connectivity index (χ0v) is 10.0. The van der Waals surface area contributed by atoms with Crippen molar-refractivity contribution in [2.45, 2.75) is 70.4 Å². The zero-order valence-electron chi connectivity index (χ0n) is 10.0. The second-order valence-corrected chi connectivity index (χ2v) is 6.40. The second-order valence-electron chi connectivity index (χ2n) is 6.40. The maximum Gasteiger partial charge on any atom is 0.0101 e. The average Bonchev–Trinajstić information content (AvgIpc) is 2.83. The monoisotopic (exact) mass is 207 g/mol. The molecule has 1 heteroatoms. The summed E-state index contributed by atoms with van der Waals surface area (Å²) in [5.41, 5.74) is 0. The maximum absolute atomic E-state index is 3.97. The predicted octanol–water partition coefficient (Wildman–Crippen LogP) is 3.34. The van der Waals surface area contributed by atoms with Crippen LogP contribution >= 0.6 is 0 Å². The Balaban J connectivity index is 1.49. The molecule has 0 aromatic heterocycles. The van der Waals surface area contributed by atoms with E-state index >= 15 is 0 Å². The molecule has 1 N–H and O–H groups in total. The van der Waals surface area contributed by atoms with Crippen LogP contribution in [0.15, 0.2) is 0 Å². The van der Waals surface area contributed by atoms with E-state index in [-0.39, 0.29) is 0 Å². The van der Waals surface area contributed by atoms with Gasteiger partial charge in [0.25, 0.3) is 0 Å². The summed E-state index contributed by atoms with van der Waals surface area (Å²) >= 11 is 0. The van der Waals surface area contributed by atoms with Crippen LogP contribution in [-0.4, -0.2) is 12.1 Å². The van der Waals surface area contributed by atoms with E-state index < -0.39 is 0 Å². The Hall–Kier alpha value is -0.0400. The van der Waals surface area contributed by atoms with Crippen molar-refractivity contribution in [2.24, 2.45) is 17.8 Å². The maximum atomic E-state index is 3.97. The van der Waals surface area contributed by atoms with Gasteiger partial charge in [0.2, 0.25) is 0 Å². The molecular formula is C14H25N. The van der Waals surface area contributed by atoms with Gasteiger partial charge in [-0.1, -0.05) is 13.3 Å². The number of hydrogen-bond donors (Lipinski definition) is 1. The van der Waals surface area contributed by atoms with E-state index in [1.165, 1.54) is 44.9 Å². The van der Waals surface area contributed by atoms with Gasteiger partial charge in [0.1, 0.15) is 0 Å². The first-order valence-electron chi connectivity index (χ1n) is 7.07. The third kappa shape index (κ3) is 2.08. The molecule has 15 heavy (non-hydrogen) atoms. The highest BCUT2D eigenvalue weighted by molar-refractivity contribution is 4.95. The van der Waals surface area contributed by atoms with Crippen LogP contribution in [0.2, 0.25) is 0 Å². The molecule has 3 fully saturated rings. The summed E-state index contributed by atoms with van der Waals surface area (Å²) in [6, 6.07) is 1.77. The Labute approximate surface area is 94.0 Å². The predicted molar refractivity (Wildman–Crippen MR) is 63.8 cm³/mol. The lowest BCUT2D eigenvalue weighted by Gasteiger charge is -2.32. The van der Waals surface area contributed by atoms with Crippen LogP contribution in [0.3, 0.4) is 0 Å². The van der Waals surface area contributed by atoms with Gasteiger partial charge in [0.05, 0.1) is 0 Å². The summed E-state index contributed by atoms with van der Waals surface area (Å²) in [7, 11) is 0. The van der Waals surface area contributed by atoms with Crippen LogP contribution in [0, 0.1) is 17.8 Å². The summed E-state index contributed by atoms with van der Waals surface area (Å²) < 4.78 is 0. The van der Waals surface area contributed by atoms with Crippen molar-refractivity contribution < 1.29 is 0 Å². The van der Waals surface area contributed by atoms with Gasteiger partial charge in [-0.15, -0.1) is 0 Å². The van der Waals surface area contributed by atoms with Crippen molar-refractivity contribution in [3.63, 3.8) is 0 Å². The summed E-state index contributed by atoms with van der Waals surface area (Å²) in [5.74, 6) is 3.13. The van der Waals surface area contributed by atoms with Gasteiger partial charge >= 0.3 is 0 Å². The highest BCUT2D eigenvalue weighted by atomic mass is 15.0. The normalized spacial score (nSPS) is 49.8. The molecule has 0 aromatic carbocycles. The Kier molecular flexibility index (Phi) is 2.76. The molecule has 0 saturated heterocycles. The lowest BCUT2D eigenvalue weighted by Crippen LogP contribution is -2.42. The van der Waals surface area contributed by atoms with Crippen LogP contribution in [0.5, 0.6) is 0 Å². The smallest absolute Gasteiger partial charge is 0.0101 e. The van der Waals surface area contributed by atoms with E-state index in [9.17, 15) is 0 Å². The average molecular weight is 207 g/mol. The first-order valence-corrected chi connectivity index (χ1v) is 7.07. The van der Waals surface area contributed by atoms with Crippen LogP contribution in [-0.2, 0) is 0 Å². The lowest BCUT2D eigenvalue weighted by molar-refractivity contribution is 0.251. The molecule has 86 valence electrons. The fourth-order valence-corrected chi connectivity index (χ4v) is 4.18. The molecule has 3 saturated carbocycles.